The maximum Gasteiger partial charge on any atom is 0.313 e. The molecule has 2 N–H and O–H groups in total. The van der Waals surface area contributed by atoms with Gasteiger partial charge >= 0.3 is 6.01 Å². The van der Waals surface area contributed by atoms with Gasteiger partial charge in [-0.15, -0.1) is 5.10 Å². The van der Waals surface area contributed by atoms with E-state index in [0.29, 0.717) is 17.5 Å². The van der Waals surface area contributed by atoms with Gasteiger partial charge in [-0.05, 0) is 41.5 Å². The first-order chi connectivity index (χ1) is 11.2. The van der Waals surface area contributed by atoms with Crippen LogP contribution in [0.25, 0.3) is 12.2 Å². The van der Waals surface area contributed by atoms with Crippen LogP contribution in [0, 0.1) is 0 Å². The van der Waals surface area contributed by atoms with Gasteiger partial charge < -0.3 is 14.9 Å². The third-order valence-electron chi connectivity index (χ3n) is 3.07. The molecule has 6 heteroatoms. The quantitative estimate of drug-likeness (QED) is 0.765. The second-order valence-electron chi connectivity index (χ2n) is 4.80. The largest absolute Gasteiger partial charge is 0.489 e. The van der Waals surface area contributed by atoms with Crippen LogP contribution >= 0.6 is 11.6 Å². The number of benzene rings is 2. The van der Waals surface area contributed by atoms with Crippen LogP contribution in [0.3, 0.4) is 0 Å². The minimum absolute atomic E-state index is 0.0515. The molecule has 0 aliphatic rings. The molecule has 3 aromatic rings. The van der Waals surface area contributed by atoms with Gasteiger partial charge in [0.05, 0.1) is 0 Å². The van der Waals surface area contributed by atoms with Crippen molar-refractivity contribution in [2.45, 2.75) is 6.61 Å². The number of hydrogen-bond donors (Lipinski definition) is 1. The monoisotopic (exact) mass is 327 g/mol. The van der Waals surface area contributed by atoms with Crippen molar-refractivity contribution in [3.63, 3.8) is 0 Å². The number of anilines is 1. The van der Waals surface area contributed by atoms with Crippen molar-refractivity contribution in [3.05, 3.63) is 70.6 Å². The topological polar surface area (TPSA) is 74.2 Å². The highest BCUT2D eigenvalue weighted by Crippen LogP contribution is 2.17. The standard InChI is InChI=1S/C17H14ClN3O2/c18-14-6-1-13(2-7-14)11-22-15-8-3-12(4-9-15)5-10-16-20-21-17(19)23-16/h1-10H,11H2,(H2,19,21)/b10-5+. The molecular weight excluding hydrogens is 314 g/mol. The van der Waals surface area contributed by atoms with Gasteiger partial charge in [0, 0.05) is 11.1 Å². The Balaban J connectivity index is 1.58. The van der Waals surface area contributed by atoms with Gasteiger partial charge in [-0.3, -0.25) is 0 Å². The molecule has 1 aromatic heterocycles. The van der Waals surface area contributed by atoms with Crippen molar-refractivity contribution in [2.75, 3.05) is 5.73 Å². The molecule has 0 atom stereocenters. The van der Waals surface area contributed by atoms with E-state index in [2.05, 4.69) is 10.2 Å². The normalized spacial score (nSPS) is 11.0. The van der Waals surface area contributed by atoms with E-state index in [-0.39, 0.29) is 6.01 Å². The van der Waals surface area contributed by atoms with Crippen LogP contribution in [0.1, 0.15) is 17.0 Å². The molecule has 0 bridgehead atoms. The third-order valence-corrected chi connectivity index (χ3v) is 3.33. The number of nitrogen functional groups attached to an aromatic ring is 1. The number of ether oxygens (including phenoxy) is 1. The SMILES string of the molecule is Nc1nnc(/C=C/c2ccc(OCc3ccc(Cl)cc3)cc2)o1. The summed E-state index contributed by atoms with van der Waals surface area (Å²) < 4.78 is 10.8. The van der Waals surface area contributed by atoms with Gasteiger partial charge in [0.1, 0.15) is 12.4 Å². The van der Waals surface area contributed by atoms with Crippen molar-refractivity contribution < 1.29 is 9.15 Å². The lowest BCUT2D eigenvalue weighted by Crippen LogP contribution is -1.94. The first-order valence-electron chi connectivity index (χ1n) is 6.93. The van der Waals surface area contributed by atoms with E-state index in [0.717, 1.165) is 16.9 Å². The van der Waals surface area contributed by atoms with Crippen LogP contribution in [-0.2, 0) is 6.61 Å². The fraction of sp³-hybridized carbons (Fsp3) is 0.0588. The van der Waals surface area contributed by atoms with Gasteiger partial charge in [0.25, 0.3) is 0 Å². The molecule has 0 fully saturated rings. The predicted molar refractivity (Wildman–Crippen MR) is 89.9 cm³/mol. The molecule has 0 saturated heterocycles. The second-order valence-corrected chi connectivity index (χ2v) is 5.23. The lowest BCUT2D eigenvalue weighted by atomic mass is 10.2. The zero-order valence-electron chi connectivity index (χ0n) is 12.1. The maximum atomic E-state index is 5.85. The summed E-state index contributed by atoms with van der Waals surface area (Å²) in [6.45, 7) is 0.494. The number of halogens is 1. The van der Waals surface area contributed by atoms with Crippen molar-refractivity contribution in [1.82, 2.24) is 10.2 Å². The predicted octanol–water partition coefficient (Wildman–Crippen LogP) is 4.05. The smallest absolute Gasteiger partial charge is 0.313 e. The molecule has 1 heterocycles. The molecule has 0 aliphatic heterocycles. The number of aromatic nitrogens is 2. The molecule has 5 nitrogen and oxygen atoms in total. The molecule has 2 aromatic carbocycles. The summed E-state index contributed by atoms with van der Waals surface area (Å²) in [4.78, 5) is 0. The van der Waals surface area contributed by atoms with E-state index in [1.54, 1.807) is 6.08 Å². The summed E-state index contributed by atoms with van der Waals surface area (Å²) in [7, 11) is 0. The van der Waals surface area contributed by atoms with Crippen molar-refractivity contribution in [2.24, 2.45) is 0 Å². The highest BCUT2D eigenvalue weighted by molar-refractivity contribution is 6.30. The zero-order chi connectivity index (χ0) is 16.1. The number of rotatable bonds is 5. The van der Waals surface area contributed by atoms with Crippen molar-refractivity contribution in [1.29, 1.82) is 0 Å². The molecule has 0 aliphatic carbocycles. The van der Waals surface area contributed by atoms with Crippen molar-refractivity contribution >= 4 is 29.8 Å². The van der Waals surface area contributed by atoms with Gasteiger partial charge in [-0.2, -0.15) is 0 Å². The average molecular weight is 328 g/mol. The van der Waals surface area contributed by atoms with Gasteiger partial charge in [0.2, 0.25) is 5.89 Å². The van der Waals surface area contributed by atoms with E-state index >= 15 is 0 Å². The number of hydrogen-bond acceptors (Lipinski definition) is 5. The molecule has 23 heavy (non-hydrogen) atoms. The maximum absolute atomic E-state index is 5.85. The summed E-state index contributed by atoms with van der Waals surface area (Å²) in [6, 6.07) is 15.3. The van der Waals surface area contributed by atoms with E-state index in [4.69, 9.17) is 26.5 Å². The van der Waals surface area contributed by atoms with Crippen LogP contribution in [0.2, 0.25) is 5.02 Å². The Morgan fingerprint density at radius 3 is 2.39 bits per heavy atom. The molecule has 0 amide bonds. The first-order valence-corrected chi connectivity index (χ1v) is 7.31. The molecule has 116 valence electrons. The fourth-order valence-corrected chi connectivity index (χ4v) is 2.03. The van der Waals surface area contributed by atoms with Crippen LogP contribution in [0.15, 0.2) is 52.9 Å². The second kappa shape index (κ2) is 6.98. The minimum Gasteiger partial charge on any atom is -0.489 e. The Kier molecular flexibility index (Phi) is 4.59. The average Bonchev–Trinajstić information content (AvgIpc) is 2.99. The summed E-state index contributed by atoms with van der Waals surface area (Å²) >= 11 is 5.85. The Morgan fingerprint density at radius 1 is 1.00 bits per heavy atom. The molecular formula is C17H14ClN3O2. The summed E-state index contributed by atoms with van der Waals surface area (Å²) in [6.07, 6.45) is 3.56. The van der Waals surface area contributed by atoms with Crippen LogP contribution in [0.4, 0.5) is 6.01 Å². The molecule has 0 radical (unpaired) electrons. The highest BCUT2D eigenvalue weighted by atomic mass is 35.5. The molecule has 3 rings (SSSR count). The Labute approximate surface area is 138 Å². The van der Waals surface area contributed by atoms with Crippen LogP contribution < -0.4 is 10.5 Å². The van der Waals surface area contributed by atoms with E-state index in [1.165, 1.54) is 0 Å². The Morgan fingerprint density at radius 2 is 1.74 bits per heavy atom. The Bertz CT molecular complexity index is 795. The van der Waals surface area contributed by atoms with E-state index < -0.39 is 0 Å². The van der Waals surface area contributed by atoms with E-state index in [1.807, 2.05) is 54.6 Å². The van der Waals surface area contributed by atoms with Crippen LogP contribution in [-0.4, -0.2) is 10.2 Å². The minimum atomic E-state index is 0.0515. The third kappa shape index (κ3) is 4.34. The number of nitrogens with zero attached hydrogens (tertiary/aromatic N) is 2. The highest BCUT2D eigenvalue weighted by Gasteiger charge is 1.99. The summed E-state index contributed by atoms with van der Waals surface area (Å²) in [5, 5.41) is 8.05. The molecule has 0 spiro atoms. The van der Waals surface area contributed by atoms with Gasteiger partial charge in [0.15, 0.2) is 0 Å². The van der Waals surface area contributed by atoms with Crippen LogP contribution in [0.5, 0.6) is 5.75 Å². The van der Waals surface area contributed by atoms with E-state index in [9.17, 15) is 0 Å². The number of nitrogens with two attached hydrogens (primary N) is 1. The first kappa shape index (κ1) is 15.1. The van der Waals surface area contributed by atoms with Gasteiger partial charge in [-0.25, -0.2) is 0 Å². The lowest BCUT2D eigenvalue weighted by molar-refractivity contribution is 0.306. The molecule has 0 saturated carbocycles. The fourth-order valence-electron chi connectivity index (χ4n) is 1.90. The summed E-state index contributed by atoms with van der Waals surface area (Å²) in [5.74, 6) is 1.16. The van der Waals surface area contributed by atoms with Crippen molar-refractivity contribution in [3.8, 4) is 5.75 Å². The van der Waals surface area contributed by atoms with Gasteiger partial charge in [-0.1, -0.05) is 41.0 Å². The zero-order valence-corrected chi connectivity index (χ0v) is 12.9. The summed E-state index contributed by atoms with van der Waals surface area (Å²) in [5.41, 5.74) is 7.41. The molecule has 0 unspecified atom stereocenters. The Hall–Kier alpha value is -2.79. The lowest BCUT2D eigenvalue weighted by Gasteiger charge is -2.06.